The molecule has 0 saturated heterocycles. The number of aliphatic hydroxyl groups excluding tert-OH is 1. The molecule has 1 aromatic carbocycles. The van der Waals surface area contributed by atoms with Crippen LogP contribution in [0.5, 0.6) is 5.75 Å². The van der Waals surface area contributed by atoms with Gasteiger partial charge in [-0.15, -0.1) is 0 Å². The average Bonchev–Trinajstić information content (AvgIpc) is 2.17. The molecule has 0 spiro atoms. The lowest BCUT2D eigenvalue weighted by molar-refractivity contribution is -0.134. The molecule has 0 heterocycles. The lowest BCUT2D eigenvalue weighted by Gasteiger charge is -2.48. The van der Waals surface area contributed by atoms with Crippen LogP contribution in [0.4, 0.5) is 0 Å². The molecule has 2 unspecified atom stereocenters. The van der Waals surface area contributed by atoms with E-state index in [9.17, 15) is 5.11 Å². The first kappa shape index (κ1) is 10.8. The Labute approximate surface area is 94.8 Å². The van der Waals surface area contributed by atoms with Crippen LogP contribution >= 0.6 is 11.6 Å². The largest absolute Gasteiger partial charge is 0.490 e. The third kappa shape index (κ3) is 1.97. The monoisotopic (exact) mass is 226 g/mol. The Morgan fingerprint density at radius 3 is 2.73 bits per heavy atom. The van der Waals surface area contributed by atoms with E-state index in [1.807, 2.05) is 32.0 Å². The van der Waals surface area contributed by atoms with E-state index in [0.29, 0.717) is 11.4 Å². The van der Waals surface area contributed by atoms with E-state index in [1.165, 1.54) is 0 Å². The normalized spacial score (nSPS) is 28.3. The zero-order chi connectivity index (χ0) is 11.1. The molecular formula is C12H15ClO2. The first-order valence-corrected chi connectivity index (χ1v) is 5.48. The van der Waals surface area contributed by atoms with E-state index in [-0.39, 0.29) is 17.6 Å². The summed E-state index contributed by atoms with van der Waals surface area (Å²) in [4.78, 5) is 0. The molecule has 0 amide bonds. The maximum Gasteiger partial charge on any atom is 0.121 e. The van der Waals surface area contributed by atoms with Crippen molar-refractivity contribution in [3.63, 3.8) is 0 Å². The molecule has 1 aliphatic carbocycles. The quantitative estimate of drug-likeness (QED) is 0.841. The molecule has 3 heteroatoms. The summed E-state index contributed by atoms with van der Waals surface area (Å²) in [5, 5.41) is 10.2. The third-order valence-electron chi connectivity index (χ3n) is 3.20. The van der Waals surface area contributed by atoms with Gasteiger partial charge in [-0.3, -0.25) is 0 Å². The van der Waals surface area contributed by atoms with Crippen LogP contribution in [-0.2, 0) is 0 Å². The molecule has 0 bridgehead atoms. The molecular weight excluding hydrogens is 212 g/mol. The van der Waals surface area contributed by atoms with Crippen LogP contribution in [-0.4, -0.2) is 17.3 Å². The van der Waals surface area contributed by atoms with Crippen molar-refractivity contribution >= 4 is 11.6 Å². The second-order valence-corrected chi connectivity index (χ2v) is 5.07. The number of hydrogen-bond donors (Lipinski definition) is 1. The zero-order valence-corrected chi connectivity index (χ0v) is 9.66. The molecule has 1 fully saturated rings. The van der Waals surface area contributed by atoms with Crippen molar-refractivity contribution in [2.24, 2.45) is 5.41 Å². The van der Waals surface area contributed by atoms with Gasteiger partial charge in [0.2, 0.25) is 0 Å². The molecule has 0 radical (unpaired) electrons. The van der Waals surface area contributed by atoms with Crippen LogP contribution in [0.1, 0.15) is 20.3 Å². The Kier molecular flexibility index (Phi) is 2.65. The van der Waals surface area contributed by atoms with Gasteiger partial charge in [0.05, 0.1) is 6.10 Å². The molecule has 1 N–H and O–H groups in total. The van der Waals surface area contributed by atoms with Gasteiger partial charge in [0.15, 0.2) is 0 Å². The van der Waals surface area contributed by atoms with Gasteiger partial charge < -0.3 is 9.84 Å². The summed E-state index contributed by atoms with van der Waals surface area (Å²) in [6.07, 6.45) is 0.507. The van der Waals surface area contributed by atoms with Crippen LogP contribution in [0.25, 0.3) is 0 Å². The highest BCUT2D eigenvalue weighted by atomic mass is 35.5. The number of hydrogen-bond acceptors (Lipinski definition) is 2. The third-order valence-corrected chi connectivity index (χ3v) is 3.44. The smallest absolute Gasteiger partial charge is 0.121 e. The van der Waals surface area contributed by atoms with E-state index in [1.54, 1.807) is 6.07 Å². The van der Waals surface area contributed by atoms with Crippen LogP contribution < -0.4 is 4.74 Å². The number of benzene rings is 1. The Morgan fingerprint density at radius 2 is 2.20 bits per heavy atom. The van der Waals surface area contributed by atoms with Gasteiger partial charge in [0.25, 0.3) is 0 Å². The fourth-order valence-electron chi connectivity index (χ4n) is 1.77. The predicted octanol–water partition coefficient (Wildman–Crippen LogP) is 2.88. The highest BCUT2D eigenvalue weighted by molar-refractivity contribution is 6.30. The Morgan fingerprint density at radius 1 is 1.47 bits per heavy atom. The SMILES string of the molecule is CC1(C)C(O)CC1Oc1cccc(Cl)c1. The van der Waals surface area contributed by atoms with E-state index in [0.717, 1.165) is 5.75 Å². The lowest BCUT2D eigenvalue weighted by atomic mass is 9.66. The van der Waals surface area contributed by atoms with Gasteiger partial charge in [-0.1, -0.05) is 31.5 Å². The minimum Gasteiger partial charge on any atom is -0.490 e. The molecule has 2 rings (SSSR count). The van der Waals surface area contributed by atoms with Gasteiger partial charge in [-0.05, 0) is 18.2 Å². The van der Waals surface area contributed by atoms with Crippen molar-refractivity contribution in [2.75, 3.05) is 0 Å². The number of halogens is 1. The first-order chi connectivity index (χ1) is 7.00. The van der Waals surface area contributed by atoms with Crippen molar-refractivity contribution < 1.29 is 9.84 Å². The number of rotatable bonds is 2. The Bertz CT molecular complexity index is 362. The van der Waals surface area contributed by atoms with Crippen molar-refractivity contribution in [2.45, 2.75) is 32.5 Å². The van der Waals surface area contributed by atoms with Crippen LogP contribution in [0, 0.1) is 5.41 Å². The van der Waals surface area contributed by atoms with E-state index in [2.05, 4.69) is 0 Å². The van der Waals surface area contributed by atoms with E-state index < -0.39 is 0 Å². The Balaban J connectivity index is 2.05. The summed E-state index contributed by atoms with van der Waals surface area (Å²) in [6, 6.07) is 7.35. The fraction of sp³-hybridized carbons (Fsp3) is 0.500. The van der Waals surface area contributed by atoms with Gasteiger partial charge in [0, 0.05) is 16.9 Å². The molecule has 0 aromatic heterocycles. The van der Waals surface area contributed by atoms with E-state index >= 15 is 0 Å². The van der Waals surface area contributed by atoms with Crippen LogP contribution in [0.3, 0.4) is 0 Å². The Hall–Kier alpha value is -0.730. The molecule has 15 heavy (non-hydrogen) atoms. The van der Waals surface area contributed by atoms with Gasteiger partial charge >= 0.3 is 0 Å². The molecule has 82 valence electrons. The van der Waals surface area contributed by atoms with Gasteiger partial charge in [0.1, 0.15) is 11.9 Å². The molecule has 1 saturated carbocycles. The maximum absolute atomic E-state index is 9.57. The minimum atomic E-state index is -0.262. The fourth-order valence-corrected chi connectivity index (χ4v) is 1.95. The van der Waals surface area contributed by atoms with Crippen molar-refractivity contribution in [1.29, 1.82) is 0 Å². The topological polar surface area (TPSA) is 29.5 Å². The molecule has 1 aromatic rings. The van der Waals surface area contributed by atoms with Crippen LogP contribution in [0.15, 0.2) is 24.3 Å². The molecule has 1 aliphatic rings. The number of aliphatic hydroxyl groups is 1. The molecule has 2 nitrogen and oxygen atoms in total. The standard InChI is InChI=1S/C12H15ClO2/c1-12(2)10(14)7-11(12)15-9-5-3-4-8(13)6-9/h3-6,10-11,14H,7H2,1-2H3. The van der Waals surface area contributed by atoms with Crippen molar-refractivity contribution in [1.82, 2.24) is 0 Å². The summed E-state index contributed by atoms with van der Waals surface area (Å²) >= 11 is 5.86. The summed E-state index contributed by atoms with van der Waals surface area (Å²) in [7, 11) is 0. The minimum absolute atomic E-state index is 0.0750. The number of ether oxygens (including phenoxy) is 1. The highest BCUT2D eigenvalue weighted by Crippen LogP contribution is 2.43. The first-order valence-electron chi connectivity index (χ1n) is 5.10. The maximum atomic E-state index is 9.57. The molecule has 0 aliphatic heterocycles. The van der Waals surface area contributed by atoms with Crippen molar-refractivity contribution in [3.8, 4) is 5.75 Å². The lowest BCUT2D eigenvalue weighted by Crippen LogP contribution is -2.56. The van der Waals surface area contributed by atoms with Crippen LogP contribution in [0.2, 0.25) is 5.02 Å². The predicted molar refractivity (Wildman–Crippen MR) is 60.3 cm³/mol. The zero-order valence-electron chi connectivity index (χ0n) is 8.90. The van der Waals surface area contributed by atoms with Gasteiger partial charge in [-0.25, -0.2) is 0 Å². The second kappa shape index (κ2) is 3.69. The highest BCUT2D eigenvalue weighted by Gasteiger charge is 2.49. The second-order valence-electron chi connectivity index (χ2n) is 4.64. The summed E-state index contributed by atoms with van der Waals surface area (Å²) < 4.78 is 5.77. The summed E-state index contributed by atoms with van der Waals surface area (Å²) in [5.41, 5.74) is -0.164. The van der Waals surface area contributed by atoms with Crippen molar-refractivity contribution in [3.05, 3.63) is 29.3 Å². The molecule has 2 atom stereocenters. The van der Waals surface area contributed by atoms with Gasteiger partial charge in [-0.2, -0.15) is 0 Å². The average molecular weight is 227 g/mol. The van der Waals surface area contributed by atoms with E-state index in [4.69, 9.17) is 16.3 Å². The summed E-state index contributed by atoms with van der Waals surface area (Å²) in [5.74, 6) is 0.771. The summed E-state index contributed by atoms with van der Waals surface area (Å²) in [6.45, 7) is 4.02.